The summed E-state index contributed by atoms with van der Waals surface area (Å²) in [7, 11) is 0. The number of nitrogens with one attached hydrogen (secondary N) is 1. The van der Waals surface area contributed by atoms with E-state index in [1.54, 1.807) is 0 Å². The third-order valence-corrected chi connectivity index (χ3v) is 5.23. The van der Waals surface area contributed by atoms with E-state index in [0.717, 1.165) is 6.42 Å². The molecule has 0 spiro atoms. The van der Waals surface area contributed by atoms with Crippen molar-refractivity contribution in [2.45, 2.75) is 25.4 Å². The summed E-state index contributed by atoms with van der Waals surface area (Å²) in [4.78, 5) is 0. The molecule has 2 heterocycles. The van der Waals surface area contributed by atoms with Gasteiger partial charge in [-0.1, -0.05) is 54.6 Å². The molecular weight excluding hydrogens is 292 g/mol. The molecule has 4 aromatic rings. The molecule has 3 aromatic carbocycles. The molecule has 0 amide bonds. The number of benzene rings is 3. The van der Waals surface area contributed by atoms with Crippen LogP contribution < -0.4 is 5.32 Å². The highest BCUT2D eigenvalue weighted by molar-refractivity contribution is 6.08. The van der Waals surface area contributed by atoms with E-state index in [4.69, 9.17) is 0 Å². The van der Waals surface area contributed by atoms with Crippen molar-refractivity contribution in [3.8, 4) is 0 Å². The molecule has 0 aliphatic carbocycles. The molecule has 1 N–H and O–H groups in total. The van der Waals surface area contributed by atoms with Crippen LogP contribution >= 0.6 is 0 Å². The predicted octanol–water partition coefficient (Wildman–Crippen LogP) is 5.59. The van der Waals surface area contributed by atoms with Gasteiger partial charge in [-0.25, -0.2) is 0 Å². The fourth-order valence-electron chi connectivity index (χ4n) is 4.24. The van der Waals surface area contributed by atoms with Crippen LogP contribution in [-0.2, 0) is 0 Å². The minimum atomic E-state index is 0.363. The second-order valence-corrected chi connectivity index (χ2v) is 6.79. The van der Waals surface area contributed by atoms with Gasteiger partial charge in [0, 0.05) is 33.5 Å². The van der Waals surface area contributed by atoms with Crippen LogP contribution in [-0.4, -0.2) is 10.6 Å². The van der Waals surface area contributed by atoms with Gasteiger partial charge in [-0.05, 0) is 37.1 Å². The van der Waals surface area contributed by atoms with E-state index in [2.05, 4.69) is 89.6 Å². The highest BCUT2D eigenvalue weighted by Crippen LogP contribution is 2.40. The summed E-state index contributed by atoms with van der Waals surface area (Å²) in [6.45, 7) is 2.27. The Labute approximate surface area is 141 Å². The summed E-state index contributed by atoms with van der Waals surface area (Å²) in [5.41, 5.74) is 5.31. The van der Waals surface area contributed by atoms with Crippen molar-refractivity contribution >= 4 is 27.5 Å². The number of anilines is 1. The topological polar surface area (TPSA) is 17.0 Å². The van der Waals surface area contributed by atoms with E-state index in [1.165, 1.54) is 33.1 Å². The Morgan fingerprint density at radius 2 is 1.38 bits per heavy atom. The average Bonchev–Trinajstić information content (AvgIpc) is 2.95. The van der Waals surface area contributed by atoms with Crippen molar-refractivity contribution in [3.05, 3.63) is 78.4 Å². The van der Waals surface area contributed by atoms with E-state index in [0.29, 0.717) is 12.1 Å². The molecule has 0 saturated carbocycles. The first-order chi connectivity index (χ1) is 11.8. The lowest BCUT2D eigenvalue weighted by Gasteiger charge is -2.33. The van der Waals surface area contributed by atoms with Gasteiger partial charge in [0.1, 0.15) is 0 Å². The molecule has 5 rings (SSSR count). The van der Waals surface area contributed by atoms with Crippen LogP contribution in [0.3, 0.4) is 0 Å². The fourth-order valence-corrected chi connectivity index (χ4v) is 4.24. The standard InChI is InChI=1S/C22H20N2/c1-15-14-22(18-10-2-5-11-19(18)23-15)24-20-12-6-3-8-16(20)17-9-4-7-13-21(17)24/h2-13,15,22-23H,14H2,1H3. The van der Waals surface area contributed by atoms with Crippen molar-refractivity contribution in [2.24, 2.45) is 0 Å². The normalized spacial score (nSPS) is 20.0. The van der Waals surface area contributed by atoms with Crippen molar-refractivity contribution in [2.75, 3.05) is 5.32 Å². The van der Waals surface area contributed by atoms with E-state index < -0.39 is 0 Å². The van der Waals surface area contributed by atoms with E-state index in [9.17, 15) is 0 Å². The second-order valence-electron chi connectivity index (χ2n) is 6.79. The molecule has 1 aliphatic heterocycles. The number of hydrogen-bond acceptors (Lipinski definition) is 1. The van der Waals surface area contributed by atoms with Crippen LogP contribution in [0.4, 0.5) is 5.69 Å². The maximum atomic E-state index is 3.63. The maximum Gasteiger partial charge on any atom is 0.0631 e. The number of nitrogens with zero attached hydrogens (tertiary/aromatic N) is 1. The fraction of sp³-hybridized carbons (Fsp3) is 0.182. The summed E-state index contributed by atoms with van der Waals surface area (Å²) in [6.07, 6.45) is 1.10. The predicted molar refractivity (Wildman–Crippen MR) is 102 cm³/mol. The number of para-hydroxylation sites is 3. The summed E-state index contributed by atoms with van der Waals surface area (Å²) in [5.74, 6) is 0. The molecule has 2 atom stereocenters. The number of rotatable bonds is 1. The summed E-state index contributed by atoms with van der Waals surface area (Å²) in [5, 5.41) is 6.32. The Hall–Kier alpha value is -2.74. The first-order valence-electron chi connectivity index (χ1n) is 8.66. The van der Waals surface area contributed by atoms with Gasteiger partial charge in [0.15, 0.2) is 0 Å². The SMILES string of the molecule is CC1CC(n2c3ccccc3c3ccccc32)c2ccccc2N1. The monoisotopic (exact) mass is 312 g/mol. The lowest BCUT2D eigenvalue weighted by atomic mass is 9.93. The lowest BCUT2D eigenvalue weighted by Crippen LogP contribution is -2.28. The number of aromatic nitrogens is 1. The first-order valence-corrected chi connectivity index (χ1v) is 8.66. The highest BCUT2D eigenvalue weighted by Gasteiger charge is 2.27. The van der Waals surface area contributed by atoms with Gasteiger partial charge < -0.3 is 9.88 Å². The van der Waals surface area contributed by atoms with Crippen molar-refractivity contribution in [3.63, 3.8) is 0 Å². The zero-order valence-corrected chi connectivity index (χ0v) is 13.7. The maximum absolute atomic E-state index is 3.63. The summed E-state index contributed by atoms with van der Waals surface area (Å²) >= 11 is 0. The lowest BCUT2D eigenvalue weighted by molar-refractivity contribution is 0.513. The van der Waals surface area contributed by atoms with Crippen LogP contribution in [0.1, 0.15) is 24.9 Å². The molecule has 24 heavy (non-hydrogen) atoms. The number of hydrogen-bond donors (Lipinski definition) is 1. The molecule has 118 valence electrons. The van der Waals surface area contributed by atoms with Crippen LogP contribution in [0.15, 0.2) is 72.8 Å². The van der Waals surface area contributed by atoms with Gasteiger partial charge in [0.25, 0.3) is 0 Å². The van der Waals surface area contributed by atoms with E-state index >= 15 is 0 Å². The molecule has 0 bridgehead atoms. The molecular formula is C22H20N2. The third-order valence-electron chi connectivity index (χ3n) is 5.23. The van der Waals surface area contributed by atoms with Crippen LogP contribution in [0.25, 0.3) is 21.8 Å². The molecule has 0 radical (unpaired) electrons. The van der Waals surface area contributed by atoms with E-state index in [-0.39, 0.29) is 0 Å². The second kappa shape index (κ2) is 5.13. The largest absolute Gasteiger partial charge is 0.382 e. The summed E-state index contributed by atoms with van der Waals surface area (Å²) in [6, 6.07) is 27.1. The average molecular weight is 312 g/mol. The first kappa shape index (κ1) is 13.7. The Morgan fingerprint density at radius 1 is 0.792 bits per heavy atom. The molecule has 2 nitrogen and oxygen atoms in total. The van der Waals surface area contributed by atoms with Crippen LogP contribution in [0, 0.1) is 0 Å². The Balaban J connectivity index is 1.86. The Morgan fingerprint density at radius 3 is 2.08 bits per heavy atom. The van der Waals surface area contributed by atoms with Crippen LogP contribution in [0.2, 0.25) is 0 Å². The molecule has 0 saturated heterocycles. The van der Waals surface area contributed by atoms with Crippen molar-refractivity contribution in [1.82, 2.24) is 4.57 Å². The number of fused-ring (bicyclic) bond motifs is 4. The van der Waals surface area contributed by atoms with E-state index in [1.807, 2.05) is 0 Å². The zero-order chi connectivity index (χ0) is 16.1. The van der Waals surface area contributed by atoms with Crippen LogP contribution in [0.5, 0.6) is 0 Å². The molecule has 2 heteroatoms. The van der Waals surface area contributed by atoms with Crippen molar-refractivity contribution in [1.29, 1.82) is 0 Å². The quantitative estimate of drug-likeness (QED) is 0.485. The molecule has 1 aliphatic rings. The van der Waals surface area contributed by atoms with Gasteiger partial charge in [-0.3, -0.25) is 0 Å². The molecule has 0 fully saturated rings. The Kier molecular flexibility index (Phi) is 2.93. The van der Waals surface area contributed by atoms with Crippen molar-refractivity contribution < 1.29 is 0 Å². The van der Waals surface area contributed by atoms with Gasteiger partial charge in [-0.2, -0.15) is 0 Å². The minimum absolute atomic E-state index is 0.363. The third kappa shape index (κ3) is 1.89. The minimum Gasteiger partial charge on any atom is -0.382 e. The Bertz CT molecular complexity index is 991. The zero-order valence-electron chi connectivity index (χ0n) is 13.7. The molecule has 2 unspecified atom stereocenters. The molecule has 1 aromatic heterocycles. The smallest absolute Gasteiger partial charge is 0.0631 e. The summed E-state index contributed by atoms with van der Waals surface area (Å²) < 4.78 is 2.54. The highest BCUT2D eigenvalue weighted by atomic mass is 15.1. The van der Waals surface area contributed by atoms with Gasteiger partial charge in [0.05, 0.1) is 6.04 Å². The van der Waals surface area contributed by atoms with Gasteiger partial charge >= 0.3 is 0 Å². The van der Waals surface area contributed by atoms with Gasteiger partial charge in [-0.15, -0.1) is 0 Å². The van der Waals surface area contributed by atoms with Gasteiger partial charge in [0.2, 0.25) is 0 Å².